The van der Waals surface area contributed by atoms with Crippen molar-refractivity contribution in [2.24, 2.45) is 0 Å². The van der Waals surface area contributed by atoms with Gasteiger partial charge in [-0.25, -0.2) is 13.2 Å². The van der Waals surface area contributed by atoms with Gasteiger partial charge in [-0.3, -0.25) is 4.79 Å². The molecule has 0 heterocycles. The van der Waals surface area contributed by atoms with Crippen molar-refractivity contribution in [3.63, 3.8) is 0 Å². The number of amides is 1. The Bertz CT molecular complexity index is 1060. The summed E-state index contributed by atoms with van der Waals surface area (Å²) in [5.41, 5.74) is 0.609. The second-order valence-electron chi connectivity index (χ2n) is 7.01. The van der Waals surface area contributed by atoms with E-state index in [1.54, 1.807) is 44.2 Å². The van der Waals surface area contributed by atoms with E-state index in [-0.39, 0.29) is 29.5 Å². The van der Waals surface area contributed by atoms with Crippen LogP contribution in [0.4, 0.5) is 5.69 Å². The molecule has 0 aliphatic heterocycles. The summed E-state index contributed by atoms with van der Waals surface area (Å²) >= 11 is 0. The van der Waals surface area contributed by atoms with E-state index >= 15 is 0 Å². The highest BCUT2D eigenvalue weighted by atomic mass is 32.2. The minimum Gasteiger partial charge on any atom is -0.452 e. The molecule has 31 heavy (non-hydrogen) atoms. The highest BCUT2D eigenvalue weighted by molar-refractivity contribution is 7.89. The Balaban J connectivity index is 2.13. The van der Waals surface area contributed by atoms with Gasteiger partial charge >= 0.3 is 5.97 Å². The lowest BCUT2D eigenvalue weighted by Crippen LogP contribution is -2.35. The van der Waals surface area contributed by atoms with E-state index in [9.17, 15) is 18.0 Å². The van der Waals surface area contributed by atoms with Crippen molar-refractivity contribution in [3.05, 3.63) is 60.2 Å². The normalized spacial score (nSPS) is 11.2. The van der Waals surface area contributed by atoms with Crippen LogP contribution in [0.3, 0.4) is 0 Å². The van der Waals surface area contributed by atoms with Crippen LogP contribution in [0.15, 0.2) is 59.5 Å². The predicted molar refractivity (Wildman–Crippen MR) is 116 cm³/mol. The Labute approximate surface area is 182 Å². The maximum atomic E-state index is 12.6. The van der Waals surface area contributed by atoms with Crippen molar-refractivity contribution in [1.29, 1.82) is 5.26 Å². The van der Waals surface area contributed by atoms with Crippen LogP contribution >= 0.6 is 0 Å². The predicted octanol–water partition coefficient (Wildman–Crippen LogP) is 2.82. The molecule has 0 aliphatic rings. The van der Waals surface area contributed by atoms with Gasteiger partial charge in [0.15, 0.2) is 6.61 Å². The first kappa shape index (κ1) is 24.1. The molecular formula is C22H25N3O5S. The topological polar surface area (TPSA) is 108 Å². The standard InChI is InChI=1S/C22H25N3O5S/c1-17(2)24(3)31(28,29)20-12-7-9-18(15-20)22(27)30-16-21(26)25(14-8-13-23)19-10-5-4-6-11-19/h4-7,9-12,15,17H,8,14,16H2,1-3H3. The molecule has 0 fully saturated rings. The first-order chi connectivity index (χ1) is 14.7. The Morgan fingerprint density at radius 3 is 2.39 bits per heavy atom. The van der Waals surface area contributed by atoms with E-state index in [0.717, 1.165) is 0 Å². The molecule has 0 spiro atoms. The van der Waals surface area contributed by atoms with Crippen LogP contribution in [0.25, 0.3) is 0 Å². The molecule has 0 N–H and O–H groups in total. The van der Waals surface area contributed by atoms with Gasteiger partial charge in [-0.2, -0.15) is 9.57 Å². The van der Waals surface area contributed by atoms with E-state index in [2.05, 4.69) is 0 Å². The van der Waals surface area contributed by atoms with E-state index in [1.165, 1.54) is 40.5 Å². The summed E-state index contributed by atoms with van der Waals surface area (Å²) in [5.74, 6) is -1.30. The fourth-order valence-electron chi connectivity index (χ4n) is 2.68. The molecule has 0 saturated heterocycles. The number of nitrogens with zero attached hydrogens (tertiary/aromatic N) is 3. The number of esters is 1. The average Bonchev–Trinajstić information content (AvgIpc) is 2.77. The van der Waals surface area contributed by atoms with E-state index in [1.807, 2.05) is 6.07 Å². The first-order valence-electron chi connectivity index (χ1n) is 9.66. The lowest BCUT2D eigenvalue weighted by Gasteiger charge is -2.22. The summed E-state index contributed by atoms with van der Waals surface area (Å²) in [7, 11) is -2.30. The zero-order chi connectivity index (χ0) is 23.0. The number of nitriles is 1. The number of benzene rings is 2. The van der Waals surface area contributed by atoms with Gasteiger partial charge < -0.3 is 9.64 Å². The van der Waals surface area contributed by atoms with Gasteiger partial charge in [0.1, 0.15) is 0 Å². The van der Waals surface area contributed by atoms with Crippen molar-refractivity contribution in [2.75, 3.05) is 25.1 Å². The summed E-state index contributed by atoms with van der Waals surface area (Å²) in [6, 6.07) is 16.0. The summed E-state index contributed by atoms with van der Waals surface area (Å²) in [4.78, 5) is 26.4. The number of sulfonamides is 1. The number of anilines is 1. The molecule has 0 unspecified atom stereocenters. The van der Waals surface area contributed by atoms with Crippen molar-refractivity contribution < 1.29 is 22.7 Å². The van der Waals surface area contributed by atoms with Gasteiger partial charge in [0, 0.05) is 25.3 Å². The third kappa shape index (κ3) is 6.13. The highest BCUT2D eigenvalue weighted by Gasteiger charge is 2.24. The Morgan fingerprint density at radius 2 is 1.77 bits per heavy atom. The summed E-state index contributed by atoms with van der Waals surface area (Å²) in [5, 5.41) is 8.85. The van der Waals surface area contributed by atoms with Gasteiger partial charge in [-0.05, 0) is 44.2 Å². The van der Waals surface area contributed by atoms with Crippen LogP contribution in [0.1, 0.15) is 30.6 Å². The molecule has 2 aromatic rings. The summed E-state index contributed by atoms with van der Waals surface area (Å²) in [6.45, 7) is 3.10. The van der Waals surface area contributed by atoms with Crippen LogP contribution in [0.2, 0.25) is 0 Å². The molecule has 164 valence electrons. The quantitative estimate of drug-likeness (QED) is 0.552. The number of rotatable bonds is 9. The lowest BCUT2D eigenvalue weighted by molar-refractivity contribution is -0.121. The van der Waals surface area contributed by atoms with Gasteiger partial charge in [-0.15, -0.1) is 0 Å². The number of hydrogen-bond donors (Lipinski definition) is 0. The smallest absolute Gasteiger partial charge is 0.338 e. The molecule has 9 heteroatoms. The Hall–Kier alpha value is -3.22. The molecule has 2 aromatic carbocycles. The van der Waals surface area contributed by atoms with Crippen molar-refractivity contribution in [3.8, 4) is 6.07 Å². The van der Waals surface area contributed by atoms with Gasteiger partial charge in [0.2, 0.25) is 10.0 Å². The maximum Gasteiger partial charge on any atom is 0.338 e. The fourth-order valence-corrected chi connectivity index (χ4v) is 4.10. The SMILES string of the molecule is CC(C)N(C)S(=O)(=O)c1cccc(C(=O)OCC(=O)N(CCC#N)c2ccccc2)c1. The summed E-state index contributed by atoms with van der Waals surface area (Å²) in [6.07, 6.45) is 0.123. The Morgan fingerprint density at radius 1 is 1.10 bits per heavy atom. The molecule has 0 aliphatic carbocycles. The minimum absolute atomic E-state index is 0.0225. The second-order valence-corrected chi connectivity index (χ2v) is 9.01. The van der Waals surface area contributed by atoms with Crippen molar-refractivity contribution in [1.82, 2.24) is 4.31 Å². The first-order valence-corrected chi connectivity index (χ1v) is 11.1. The zero-order valence-corrected chi connectivity index (χ0v) is 18.5. The number of ether oxygens (including phenoxy) is 1. The number of para-hydroxylation sites is 1. The van der Waals surface area contributed by atoms with Crippen molar-refractivity contribution >= 4 is 27.6 Å². The third-order valence-corrected chi connectivity index (χ3v) is 6.65. The van der Waals surface area contributed by atoms with Crippen LogP contribution in [0, 0.1) is 11.3 Å². The molecular weight excluding hydrogens is 418 g/mol. The van der Waals surface area contributed by atoms with Gasteiger partial charge in [-0.1, -0.05) is 24.3 Å². The molecule has 2 rings (SSSR count). The third-order valence-electron chi connectivity index (χ3n) is 4.62. The minimum atomic E-state index is -3.77. The van der Waals surface area contributed by atoms with E-state index in [4.69, 9.17) is 10.00 Å². The molecule has 0 bridgehead atoms. The largest absolute Gasteiger partial charge is 0.452 e. The fraction of sp³-hybridized carbons (Fsp3) is 0.318. The van der Waals surface area contributed by atoms with E-state index < -0.39 is 28.5 Å². The highest BCUT2D eigenvalue weighted by Crippen LogP contribution is 2.19. The van der Waals surface area contributed by atoms with Crippen molar-refractivity contribution in [2.45, 2.75) is 31.2 Å². The van der Waals surface area contributed by atoms with E-state index in [0.29, 0.717) is 5.69 Å². The lowest BCUT2D eigenvalue weighted by atomic mass is 10.2. The number of carbonyl (C=O) groups is 2. The van der Waals surface area contributed by atoms with Crippen LogP contribution in [-0.4, -0.2) is 50.8 Å². The van der Waals surface area contributed by atoms with Crippen LogP contribution in [-0.2, 0) is 19.6 Å². The molecule has 1 amide bonds. The summed E-state index contributed by atoms with van der Waals surface area (Å²) < 4.78 is 31.6. The van der Waals surface area contributed by atoms with Crippen LogP contribution in [0.5, 0.6) is 0 Å². The molecule has 0 atom stereocenters. The molecule has 8 nitrogen and oxygen atoms in total. The molecule has 0 aromatic heterocycles. The number of carbonyl (C=O) groups excluding carboxylic acids is 2. The molecule has 0 radical (unpaired) electrons. The number of hydrogen-bond acceptors (Lipinski definition) is 6. The second kappa shape index (κ2) is 10.7. The van der Waals surface area contributed by atoms with Crippen LogP contribution < -0.4 is 4.90 Å². The maximum absolute atomic E-state index is 12.6. The van der Waals surface area contributed by atoms with Gasteiger partial charge in [0.05, 0.1) is 22.9 Å². The zero-order valence-electron chi connectivity index (χ0n) is 17.7. The average molecular weight is 444 g/mol. The Kier molecular flexibility index (Phi) is 8.30. The molecule has 0 saturated carbocycles. The monoisotopic (exact) mass is 443 g/mol. The van der Waals surface area contributed by atoms with Gasteiger partial charge in [0.25, 0.3) is 5.91 Å².